The SMILES string of the molecule is CCC(C)(OC)C(=O)N(C)C(C)CC(N)=S. The lowest BCUT2D eigenvalue weighted by molar-refractivity contribution is -0.153. The molecule has 94 valence electrons. The van der Waals surface area contributed by atoms with Gasteiger partial charge in [0.15, 0.2) is 0 Å². The predicted molar refractivity (Wildman–Crippen MR) is 69.3 cm³/mol. The molecule has 0 saturated carbocycles. The maximum absolute atomic E-state index is 12.2. The highest BCUT2D eigenvalue weighted by Gasteiger charge is 2.35. The van der Waals surface area contributed by atoms with Crippen LogP contribution < -0.4 is 5.73 Å². The number of nitrogens with two attached hydrogens (primary N) is 1. The standard InChI is InChI=1S/C11H22N2O2S/c1-6-11(3,15-5)10(14)13(4)8(2)7-9(12)16/h8H,6-7H2,1-5H3,(H2,12,16). The number of amides is 1. The van der Waals surface area contributed by atoms with Crippen molar-refractivity contribution in [1.29, 1.82) is 0 Å². The largest absolute Gasteiger partial charge is 0.393 e. The molecule has 16 heavy (non-hydrogen) atoms. The van der Waals surface area contributed by atoms with E-state index in [1.807, 2.05) is 13.8 Å². The summed E-state index contributed by atoms with van der Waals surface area (Å²) in [6.07, 6.45) is 1.16. The van der Waals surface area contributed by atoms with E-state index in [1.54, 1.807) is 26.0 Å². The van der Waals surface area contributed by atoms with Crippen molar-refractivity contribution >= 4 is 23.1 Å². The van der Waals surface area contributed by atoms with Crippen LogP contribution in [-0.2, 0) is 9.53 Å². The van der Waals surface area contributed by atoms with E-state index in [-0.39, 0.29) is 11.9 Å². The fraction of sp³-hybridized carbons (Fsp3) is 0.818. The summed E-state index contributed by atoms with van der Waals surface area (Å²) in [5.41, 5.74) is 4.70. The molecule has 0 heterocycles. The second-order valence-electron chi connectivity index (χ2n) is 4.22. The van der Waals surface area contributed by atoms with Gasteiger partial charge in [-0.25, -0.2) is 0 Å². The molecule has 0 saturated heterocycles. The Balaban J connectivity index is 4.65. The maximum atomic E-state index is 12.2. The van der Waals surface area contributed by atoms with E-state index in [1.165, 1.54) is 0 Å². The van der Waals surface area contributed by atoms with Crippen LogP contribution in [0.25, 0.3) is 0 Å². The Kier molecular flexibility index (Phi) is 5.89. The number of ether oxygens (including phenoxy) is 1. The molecular weight excluding hydrogens is 224 g/mol. The van der Waals surface area contributed by atoms with E-state index < -0.39 is 5.60 Å². The lowest BCUT2D eigenvalue weighted by Gasteiger charge is -2.33. The summed E-state index contributed by atoms with van der Waals surface area (Å²) in [7, 11) is 3.30. The zero-order valence-corrected chi connectivity index (χ0v) is 11.6. The first-order chi connectivity index (χ1) is 7.28. The molecule has 0 fully saturated rings. The Labute approximate surface area is 103 Å². The van der Waals surface area contributed by atoms with Gasteiger partial charge in [-0.15, -0.1) is 0 Å². The average molecular weight is 246 g/mol. The molecule has 0 aromatic heterocycles. The molecule has 0 aliphatic carbocycles. The normalized spacial score (nSPS) is 16.3. The Morgan fingerprint density at radius 3 is 2.44 bits per heavy atom. The van der Waals surface area contributed by atoms with Crippen molar-refractivity contribution in [3.8, 4) is 0 Å². The summed E-state index contributed by atoms with van der Waals surface area (Å²) in [6, 6.07) is -0.00831. The predicted octanol–water partition coefficient (Wildman–Crippen LogP) is 1.32. The molecule has 5 heteroatoms. The second-order valence-corrected chi connectivity index (χ2v) is 4.75. The summed E-state index contributed by atoms with van der Waals surface area (Å²) >= 11 is 4.84. The van der Waals surface area contributed by atoms with Crippen molar-refractivity contribution in [2.45, 2.75) is 45.3 Å². The number of likely N-dealkylation sites (N-methyl/N-ethyl adjacent to an activating group) is 1. The summed E-state index contributed by atoms with van der Waals surface area (Å²) < 4.78 is 5.27. The Bertz CT molecular complexity index is 265. The number of methoxy groups -OCH3 is 1. The van der Waals surface area contributed by atoms with Crippen LogP contribution in [-0.4, -0.2) is 41.6 Å². The van der Waals surface area contributed by atoms with Gasteiger partial charge in [-0.1, -0.05) is 19.1 Å². The van der Waals surface area contributed by atoms with Crippen molar-refractivity contribution in [1.82, 2.24) is 4.90 Å². The lowest BCUT2D eigenvalue weighted by atomic mass is 10.0. The van der Waals surface area contributed by atoms with E-state index in [0.29, 0.717) is 17.8 Å². The number of rotatable bonds is 6. The molecular formula is C11H22N2O2S. The van der Waals surface area contributed by atoms with Gasteiger partial charge >= 0.3 is 0 Å². The van der Waals surface area contributed by atoms with Crippen LogP contribution in [0.15, 0.2) is 0 Å². The second kappa shape index (κ2) is 6.15. The van der Waals surface area contributed by atoms with Gasteiger partial charge in [-0.2, -0.15) is 0 Å². The van der Waals surface area contributed by atoms with Crippen molar-refractivity contribution in [2.75, 3.05) is 14.2 Å². The van der Waals surface area contributed by atoms with Gasteiger partial charge in [0.1, 0.15) is 5.60 Å². The zero-order chi connectivity index (χ0) is 12.9. The van der Waals surface area contributed by atoms with Crippen molar-refractivity contribution < 1.29 is 9.53 Å². The molecule has 2 atom stereocenters. The number of hydrogen-bond acceptors (Lipinski definition) is 3. The maximum Gasteiger partial charge on any atom is 0.254 e. The van der Waals surface area contributed by atoms with Gasteiger partial charge < -0.3 is 15.4 Å². The minimum Gasteiger partial charge on any atom is -0.393 e. The minimum atomic E-state index is -0.765. The first kappa shape index (κ1) is 15.3. The van der Waals surface area contributed by atoms with E-state index in [0.717, 1.165) is 0 Å². The Morgan fingerprint density at radius 1 is 1.62 bits per heavy atom. The first-order valence-electron chi connectivity index (χ1n) is 5.39. The summed E-state index contributed by atoms with van der Waals surface area (Å²) in [5.74, 6) is -0.0405. The highest BCUT2D eigenvalue weighted by Crippen LogP contribution is 2.19. The molecule has 2 N–H and O–H groups in total. The topological polar surface area (TPSA) is 55.6 Å². The summed E-state index contributed by atoms with van der Waals surface area (Å²) in [4.78, 5) is 14.2. The third-order valence-electron chi connectivity index (χ3n) is 3.06. The molecule has 0 radical (unpaired) electrons. The van der Waals surface area contributed by atoms with E-state index in [9.17, 15) is 4.79 Å². The molecule has 0 aromatic carbocycles. The quantitative estimate of drug-likeness (QED) is 0.718. The molecule has 1 amide bonds. The third kappa shape index (κ3) is 3.72. The monoisotopic (exact) mass is 246 g/mol. The lowest BCUT2D eigenvalue weighted by Crippen LogP contribution is -2.50. The van der Waals surface area contributed by atoms with Crippen LogP contribution in [0.3, 0.4) is 0 Å². The van der Waals surface area contributed by atoms with E-state index >= 15 is 0 Å². The van der Waals surface area contributed by atoms with Crippen LogP contribution in [0.1, 0.15) is 33.6 Å². The van der Waals surface area contributed by atoms with Crippen LogP contribution in [0, 0.1) is 0 Å². The van der Waals surface area contributed by atoms with Gasteiger partial charge in [0, 0.05) is 26.6 Å². The van der Waals surface area contributed by atoms with Gasteiger partial charge in [-0.05, 0) is 20.3 Å². The van der Waals surface area contributed by atoms with Crippen LogP contribution >= 0.6 is 12.2 Å². The number of carbonyl (C=O) groups is 1. The molecule has 0 rings (SSSR count). The Hall–Kier alpha value is -0.680. The molecule has 4 nitrogen and oxygen atoms in total. The summed E-state index contributed by atoms with van der Waals surface area (Å²) in [6.45, 7) is 5.63. The van der Waals surface area contributed by atoms with Gasteiger partial charge in [0.25, 0.3) is 5.91 Å². The number of hydrogen-bond donors (Lipinski definition) is 1. The van der Waals surface area contributed by atoms with Crippen LogP contribution in [0.4, 0.5) is 0 Å². The number of thiocarbonyl (C=S) groups is 1. The molecule has 0 aliphatic heterocycles. The van der Waals surface area contributed by atoms with Crippen molar-refractivity contribution in [3.63, 3.8) is 0 Å². The van der Waals surface area contributed by atoms with Crippen LogP contribution in [0.5, 0.6) is 0 Å². The zero-order valence-electron chi connectivity index (χ0n) is 10.7. The van der Waals surface area contributed by atoms with E-state index in [2.05, 4.69) is 0 Å². The first-order valence-corrected chi connectivity index (χ1v) is 5.80. The molecule has 2 unspecified atom stereocenters. The highest BCUT2D eigenvalue weighted by molar-refractivity contribution is 7.80. The smallest absolute Gasteiger partial charge is 0.254 e. The van der Waals surface area contributed by atoms with E-state index in [4.69, 9.17) is 22.7 Å². The third-order valence-corrected chi connectivity index (χ3v) is 3.22. The highest BCUT2D eigenvalue weighted by atomic mass is 32.1. The van der Waals surface area contributed by atoms with Gasteiger partial charge in [0.2, 0.25) is 0 Å². The van der Waals surface area contributed by atoms with Crippen molar-refractivity contribution in [2.24, 2.45) is 5.73 Å². The molecule has 0 aromatic rings. The Morgan fingerprint density at radius 2 is 2.12 bits per heavy atom. The van der Waals surface area contributed by atoms with Crippen molar-refractivity contribution in [3.05, 3.63) is 0 Å². The van der Waals surface area contributed by atoms with Crippen LogP contribution in [0.2, 0.25) is 0 Å². The van der Waals surface area contributed by atoms with Gasteiger partial charge in [-0.3, -0.25) is 4.79 Å². The molecule has 0 spiro atoms. The fourth-order valence-electron chi connectivity index (χ4n) is 1.38. The minimum absolute atomic E-state index is 0.00831. The molecule has 0 bridgehead atoms. The average Bonchev–Trinajstić information content (AvgIpc) is 2.24. The fourth-order valence-corrected chi connectivity index (χ4v) is 1.63. The molecule has 0 aliphatic rings. The number of nitrogens with zero attached hydrogens (tertiary/aromatic N) is 1. The number of carbonyl (C=O) groups excluding carboxylic acids is 1. The summed E-state index contributed by atoms with van der Waals surface area (Å²) in [5, 5.41) is 0. The van der Waals surface area contributed by atoms with Gasteiger partial charge in [0.05, 0.1) is 4.99 Å².